The van der Waals surface area contributed by atoms with Crippen LogP contribution in [0.5, 0.6) is 0 Å². The van der Waals surface area contributed by atoms with Crippen LogP contribution in [0, 0.1) is 5.92 Å². The van der Waals surface area contributed by atoms with Crippen LogP contribution in [0.4, 0.5) is 0 Å². The largest absolute Gasteiger partial charge is 0.376 e. The number of nitrogens with one attached hydrogen (secondary N) is 1. The summed E-state index contributed by atoms with van der Waals surface area (Å²) in [6, 6.07) is 8.26. The number of rotatable bonds is 4. The average Bonchev–Trinajstić information content (AvgIpc) is 2.12. The third-order valence-corrected chi connectivity index (χ3v) is 2.93. The summed E-state index contributed by atoms with van der Waals surface area (Å²) in [7, 11) is 0. The van der Waals surface area contributed by atoms with Gasteiger partial charge in [0.1, 0.15) is 0 Å². The van der Waals surface area contributed by atoms with Crippen LogP contribution in [0.15, 0.2) is 28.7 Å². The van der Waals surface area contributed by atoms with Crippen molar-refractivity contribution in [2.75, 3.05) is 19.7 Å². The minimum absolute atomic E-state index is 0.726. The molecule has 0 aliphatic carbocycles. The Morgan fingerprint density at radius 1 is 1.29 bits per heavy atom. The van der Waals surface area contributed by atoms with Crippen LogP contribution in [0.25, 0.3) is 0 Å². The van der Waals surface area contributed by atoms with Gasteiger partial charge in [-0.05, 0) is 17.7 Å². The van der Waals surface area contributed by atoms with Crippen LogP contribution >= 0.6 is 15.9 Å². The molecule has 1 aromatic carbocycles. The van der Waals surface area contributed by atoms with Gasteiger partial charge in [0.15, 0.2) is 0 Å². The maximum absolute atomic E-state index is 5.61. The van der Waals surface area contributed by atoms with Crippen molar-refractivity contribution < 1.29 is 4.74 Å². The molecule has 3 heteroatoms. The fourth-order valence-electron chi connectivity index (χ4n) is 1.39. The van der Waals surface area contributed by atoms with Crippen LogP contribution in [0.3, 0.4) is 0 Å². The Labute approximate surface area is 92.8 Å². The quantitative estimate of drug-likeness (QED) is 0.891. The van der Waals surface area contributed by atoms with Crippen molar-refractivity contribution in [1.82, 2.24) is 5.32 Å². The fraction of sp³-hybridized carbons (Fsp3) is 0.455. The predicted octanol–water partition coefficient (Wildman–Crippen LogP) is 2.19. The number of ether oxygens (including phenoxy) is 1. The molecule has 1 fully saturated rings. The second-order valence-electron chi connectivity index (χ2n) is 3.67. The van der Waals surface area contributed by atoms with Gasteiger partial charge in [-0.15, -0.1) is 0 Å². The lowest BCUT2D eigenvalue weighted by molar-refractivity contribution is 0.0689. The number of hydrogen-bond acceptors (Lipinski definition) is 2. The van der Waals surface area contributed by atoms with Crippen molar-refractivity contribution >= 4 is 15.9 Å². The molecule has 0 spiro atoms. The van der Waals surface area contributed by atoms with E-state index in [9.17, 15) is 0 Å². The van der Waals surface area contributed by atoms with Crippen molar-refractivity contribution in [3.63, 3.8) is 0 Å². The van der Waals surface area contributed by atoms with E-state index in [0.29, 0.717) is 0 Å². The lowest BCUT2D eigenvalue weighted by atomic mass is 10.1. The first-order valence-corrected chi connectivity index (χ1v) is 5.67. The van der Waals surface area contributed by atoms with E-state index in [0.717, 1.165) is 36.7 Å². The molecule has 1 aromatic rings. The maximum atomic E-state index is 5.61. The Kier molecular flexibility index (Phi) is 3.56. The van der Waals surface area contributed by atoms with Crippen LogP contribution in [0.2, 0.25) is 0 Å². The molecule has 76 valence electrons. The van der Waals surface area contributed by atoms with Crippen LogP contribution in [-0.4, -0.2) is 19.7 Å². The molecule has 1 saturated heterocycles. The van der Waals surface area contributed by atoms with E-state index in [1.54, 1.807) is 0 Å². The lowest BCUT2D eigenvalue weighted by Crippen LogP contribution is -2.44. The molecule has 0 radical (unpaired) electrons. The van der Waals surface area contributed by atoms with E-state index in [2.05, 4.69) is 33.4 Å². The highest BCUT2D eigenvalue weighted by Gasteiger charge is 2.16. The lowest BCUT2D eigenvalue weighted by Gasteiger charge is -2.26. The monoisotopic (exact) mass is 255 g/mol. The van der Waals surface area contributed by atoms with E-state index < -0.39 is 0 Å². The molecule has 1 N–H and O–H groups in total. The first kappa shape index (κ1) is 10.1. The molecule has 1 aliphatic heterocycles. The maximum Gasteiger partial charge on any atom is 0.0717 e. The molecule has 0 unspecified atom stereocenters. The van der Waals surface area contributed by atoms with Gasteiger partial charge in [-0.1, -0.05) is 28.1 Å². The van der Waals surface area contributed by atoms with Gasteiger partial charge in [0, 0.05) is 23.5 Å². The normalized spacial score (nSPS) is 16.6. The number of halogens is 1. The molecule has 0 amide bonds. The highest BCUT2D eigenvalue weighted by atomic mass is 79.9. The second kappa shape index (κ2) is 4.91. The Balaban J connectivity index is 1.71. The molecule has 2 rings (SSSR count). The van der Waals surface area contributed by atoms with E-state index >= 15 is 0 Å². The zero-order chi connectivity index (χ0) is 9.80. The Morgan fingerprint density at radius 3 is 2.57 bits per heavy atom. The topological polar surface area (TPSA) is 21.3 Å². The Hall–Kier alpha value is -0.380. The average molecular weight is 256 g/mol. The molecule has 0 aromatic heterocycles. The molecule has 1 heterocycles. The van der Waals surface area contributed by atoms with E-state index in [-0.39, 0.29) is 0 Å². The summed E-state index contributed by atoms with van der Waals surface area (Å²) in [5.41, 5.74) is 1.24. The van der Waals surface area contributed by atoms with Crippen molar-refractivity contribution in [3.05, 3.63) is 34.3 Å². The van der Waals surface area contributed by atoms with E-state index in [1.165, 1.54) is 5.56 Å². The summed E-state index contributed by atoms with van der Waals surface area (Å²) in [6.45, 7) is 3.83. The van der Waals surface area contributed by atoms with Gasteiger partial charge in [0.2, 0.25) is 0 Å². The molecular weight excluding hydrogens is 242 g/mol. The zero-order valence-electron chi connectivity index (χ0n) is 8.00. The molecule has 0 bridgehead atoms. The minimum Gasteiger partial charge on any atom is -0.376 e. The minimum atomic E-state index is 0.726. The summed E-state index contributed by atoms with van der Waals surface area (Å²) >= 11 is 3.41. The van der Waals surface area contributed by atoms with E-state index in [4.69, 9.17) is 4.74 Å². The van der Waals surface area contributed by atoms with Crippen LogP contribution < -0.4 is 5.32 Å². The van der Waals surface area contributed by atoms with Crippen molar-refractivity contribution in [2.24, 2.45) is 5.92 Å². The van der Waals surface area contributed by atoms with Crippen LogP contribution in [-0.2, 0) is 11.3 Å². The standard InChI is InChI=1S/C11H14BrNO/c12-11-3-1-9(2-4-11)7-14-8-10-5-13-6-10/h1-4,10,13H,5-8H2. The highest BCUT2D eigenvalue weighted by molar-refractivity contribution is 9.10. The van der Waals surface area contributed by atoms with Crippen molar-refractivity contribution in [3.8, 4) is 0 Å². The molecule has 2 nitrogen and oxygen atoms in total. The molecule has 0 atom stereocenters. The first-order valence-electron chi connectivity index (χ1n) is 4.87. The Bertz CT molecular complexity index is 282. The summed E-state index contributed by atoms with van der Waals surface area (Å²) < 4.78 is 6.72. The summed E-state index contributed by atoms with van der Waals surface area (Å²) in [5.74, 6) is 0.727. The van der Waals surface area contributed by atoms with Crippen LogP contribution in [0.1, 0.15) is 5.56 Å². The second-order valence-corrected chi connectivity index (χ2v) is 4.58. The fourth-order valence-corrected chi connectivity index (χ4v) is 1.65. The summed E-state index contributed by atoms with van der Waals surface area (Å²) in [5, 5.41) is 3.23. The van der Waals surface area contributed by atoms with Gasteiger partial charge in [-0.25, -0.2) is 0 Å². The summed E-state index contributed by atoms with van der Waals surface area (Å²) in [6.07, 6.45) is 0. The van der Waals surface area contributed by atoms with Gasteiger partial charge in [0.05, 0.1) is 13.2 Å². The third kappa shape index (κ3) is 2.80. The predicted molar refractivity (Wildman–Crippen MR) is 60.2 cm³/mol. The van der Waals surface area contributed by atoms with Gasteiger partial charge < -0.3 is 10.1 Å². The van der Waals surface area contributed by atoms with Crippen molar-refractivity contribution in [2.45, 2.75) is 6.61 Å². The highest BCUT2D eigenvalue weighted by Crippen LogP contribution is 2.12. The molecular formula is C11H14BrNO. The summed E-state index contributed by atoms with van der Waals surface area (Å²) in [4.78, 5) is 0. The first-order chi connectivity index (χ1) is 6.84. The van der Waals surface area contributed by atoms with Gasteiger partial charge in [0.25, 0.3) is 0 Å². The zero-order valence-corrected chi connectivity index (χ0v) is 9.59. The van der Waals surface area contributed by atoms with E-state index in [1.807, 2.05) is 12.1 Å². The number of hydrogen-bond donors (Lipinski definition) is 1. The molecule has 1 aliphatic rings. The molecule has 14 heavy (non-hydrogen) atoms. The SMILES string of the molecule is Brc1ccc(COCC2CNC2)cc1. The van der Waals surface area contributed by atoms with Gasteiger partial charge in [-0.2, -0.15) is 0 Å². The van der Waals surface area contributed by atoms with Gasteiger partial charge in [-0.3, -0.25) is 0 Å². The number of benzene rings is 1. The van der Waals surface area contributed by atoms with Crippen molar-refractivity contribution in [1.29, 1.82) is 0 Å². The third-order valence-electron chi connectivity index (χ3n) is 2.40. The van der Waals surface area contributed by atoms with Gasteiger partial charge >= 0.3 is 0 Å². The Morgan fingerprint density at radius 2 is 2.00 bits per heavy atom. The molecule has 0 saturated carbocycles. The smallest absolute Gasteiger partial charge is 0.0717 e.